The van der Waals surface area contributed by atoms with Gasteiger partial charge in [-0.3, -0.25) is 0 Å². The second kappa shape index (κ2) is 7.29. The van der Waals surface area contributed by atoms with Crippen LogP contribution in [0, 0.1) is 0 Å². The van der Waals surface area contributed by atoms with Crippen molar-refractivity contribution in [1.29, 1.82) is 0 Å². The maximum atomic E-state index is 6.19. The molecular weight excluding hydrogens is 446 g/mol. The molecule has 0 N–H and O–H groups in total. The summed E-state index contributed by atoms with van der Waals surface area (Å²) in [5.74, 6) is 0. The maximum absolute atomic E-state index is 6.19. The number of hydrogen-bond acceptors (Lipinski definition) is 2. The Labute approximate surface area is 188 Å². The Kier molecular flexibility index (Phi) is 4.29. The molecule has 0 radical (unpaired) electrons. The van der Waals surface area contributed by atoms with E-state index in [9.17, 15) is 0 Å². The van der Waals surface area contributed by atoms with Crippen LogP contribution in [0.4, 0.5) is 17.1 Å². The number of fused-ring (bicyclic) bond motifs is 4. The summed E-state index contributed by atoms with van der Waals surface area (Å²) in [7, 11) is 0. The third-order valence-electron chi connectivity index (χ3n) is 5.71. The first kappa shape index (κ1) is 18.2. The highest BCUT2D eigenvalue weighted by Crippen LogP contribution is 2.44. The van der Waals surface area contributed by atoms with Crippen LogP contribution in [-0.4, -0.2) is 0 Å². The lowest BCUT2D eigenvalue weighted by Crippen LogP contribution is -2.10. The molecule has 0 aliphatic rings. The van der Waals surface area contributed by atoms with Gasteiger partial charge in [0.1, 0.15) is 11.2 Å². The second-order valence-corrected chi connectivity index (χ2v) is 8.47. The zero-order valence-electron chi connectivity index (χ0n) is 16.6. The maximum Gasteiger partial charge on any atom is 0.137 e. The SMILES string of the molecule is Brc1ccc(N(c2cccc3ccccc23)c2cccc3oc4ccccc4c23)cc1. The van der Waals surface area contributed by atoms with Gasteiger partial charge in [0, 0.05) is 20.9 Å². The summed E-state index contributed by atoms with van der Waals surface area (Å²) in [4.78, 5) is 2.33. The molecule has 1 aromatic heterocycles. The van der Waals surface area contributed by atoms with Gasteiger partial charge in [0.25, 0.3) is 0 Å². The van der Waals surface area contributed by atoms with Crippen LogP contribution in [0.1, 0.15) is 0 Å². The molecule has 0 saturated heterocycles. The molecule has 0 fully saturated rings. The van der Waals surface area contributed by atoms with Crippen molar-refractivity contribution in [2.45, 2.75) is 0 Å². The van der Waals surface area contributed by atoms with Crippen molar-refractivity contribution in [3.63, 3.8) is 0 Å². The van der Waals surface area contributed by atoms with Gasteiger partial charge in [0.2, 0.25) is 0 Å². The molecule has 2 nitrogen and oxygen atoms in total. The quantitative estimate of drug-likeness (QED) is 0.260. The summed E-state index contributed by atoms with van der Waals surface area (Å²) in [6, 6.07) is 38.0. The number of anilines is 3. The lowest BCUT2D eigenvalue weighted by atomic mass is 10.0. The van der Waals surface area contributed by atoms with Crippen LogP contribution in [0.5, 0.6) is 0 Å². The van der Waals surface area contributed by atoms with Gasteiger partial charge in [-0.25, -0.2) is 0 Å². The summed E-state index contributed by atoms with van der Waals surface area (Å²) in [6.07, 6.45) is 0. The molecule has 0 aliphatic heterocycles. The third kappa shape index (κ3) is 3.01. The zero-order chi connectivity index (χ0) is 20.8. The molecule has 6 rings (SSSR count). The predicted octanol–water partition coefficient (Wildman–Crippen LogP) is 8.97. The molecule has 0 unspecified atom stereocenters. The van der Waals surface area contributed by atoms with E-state index in [-0.39, 0.29) is 0 Å². The van der Waals surface area contributed by atoms with E-state index < -0.39 is 0 Å². The molecule has 0 amide bonds. The second-order valence-electron chi connectivity index (χ2n) is 7.56. The first-order chi connectivity index (χ1) is 15.3. The number of nitrogens with zero attached hydrogens (tertiary/aromatic N) is 1. The highest BCUT2D eigenvalue weighted by Gasteiger charge is 2.20. The Morgan fingerprint density at radius 1 is 0.548 bits per heavy atom. The van der Waals surface area contributed by atoms with E-state index in [1.807, 2.05) is 18.2 Å². The number of hydrogen-bond donors (Lipinski definition) is 0. The molecule has 6 aromatic rings. The summed E-state index contributed by atoms with van der Waals surface area (Å²) in [5.41, 5.74) is 5.12. The lowest BCUT2D eigenvalue weighted by Gasteiger charge is -2.27. The molecule has 0 bridgehead atoms. The van der Waals surface area contributed by atoms with E-state index in [4.69, 9.17) is 4.42 Å². The van der Waals surface area contributed by atoms with E-state index in [1.165, 1.54) is 10.8 Å². The van der Waals surface area contributed by atoms with Crippen LogP contribution < -0.4 is 4.90 Å². The van der Waals surface area contributed by atoms with Gasteiger partial charge in [0.05, 0.1) is 16.8 Å². The van der Waals surface area contributed by atoms with Crippen molar-refractivity contribution in [2.24, 2.45) is 0 Å². The molecule has 1 heterocycles. The zero-order valence-corrected chi connectivity index (χ0v) is 18.2. The molecule has 0 aliphatic carbocycles. The van der Waals surface area contributed by atoms with E-state index in [0.717, 1.165) is 43.5 Å². The van der Waals surface area contributed by atoms with Gasteiger partial charge in [-0.1, -0.05) is 76.6 Å². The average molecular weight is 464 g/mol. The van der Waals surface area contributed by atoms with Gasteiger partial charge in [-0.15, -0.1) is 0 Å². The van der Waals surface area contributed by atoms with Crippen molar-refractivity contribution in [1.82, 2.24) is 0 Å². The Morgan fingerprint density at radius 3 is 2.06 bits per heavy atom. The number of para-hydroxylation sites is 1. The topological polar surface area (TPSA) is 16.4 Å². The summed E-state index contributed by atoms with van der Waals surface area (Å²) < 4.78 is 7.24. The Bertz CT molecular complexity index is 1540. The van der Waals surface area contributed by atoms with Crippen molar-refractivity contribution in [2.75, 3.05) is 4.90 Å². The standard InChI is InChI=1S/C28H18BrNO/c29-20-15-17-21(18-16-20)30(24-11-5-8-19-7-1-2-9-22(19)24)25-12-6-14-27-28(25)23-10-3-4-13-26(23)31-27/h1-18H. The first-order valence-electron chi connectivity index (χ1n) is 10.2. The summed E-state index contributed by atoms with van der Waals surface area (Å²) >= 11 is 3.58. The highest BCUT2D eigenvalue weighted by molar-refractivity contribution is 9.10. The Morgan fingerprint density at radius 2 is 1.19 bits per heavy atom. The third-order valence-corrected chi connectivity index (χ3v) is 6.24. The minimum absolute atomic E-state index is 0.890. The fourth-order valence-electron chi connectivity index (χ4n) is 4.34. The van der Waals surface area contributed by atoms with Crippen LogP contribution in [0.25, 0.3) is 32.7 Å². The molecule has 0 spiro atoms. The molecule has 0 saturated carbocycles. The Balaban J connectivity index is 1.72. The Hall–Kier alpha value is -3.56. The van der Waals surface area contributed by atoms with Gasteiger partial charge in [-0.05, 0) is 53.9 Å². The molecule has 5 aromatic carbocycles. The monoisotopic (exact) mass is 463 g/mol. The van der Waals surface area contributed by atoms with Crippen molar-refractivity contribution in [3.8, 4) is 0 Å². The molecule has 31 heavy (non-hydrogen) atoms. The van der Waals surface area contributed by atoms with Crippen LogP contribution in [0.15, 0.2) is 118 Å². The van der Waals surface area contributed by atoms with Gasteiger partial charge < -0.3 is 9.32 Å². The fourth-order valence-corrected chi connectivity index (χ4v) is 4.61. The van der Waals surface area contributed by atoms with Crippen LogP contribution in [0.3, 0.4) is 0 Å². The van der Waals surface area contributed by atoms with Crippen LogP contribution in [-0.2, 0) is 0 Å². The number of benzene rings is 5. The number of furan rings is 1. The molecular formula is C28H18BrNO. The largest absolute Gasteiger partial charge is 0.456 e. The van der Waals surface area contributed by atoms with Gasteiger partial charge >= 0.3 is 0 Å². The first-order valence-corrected chi connectivity index (χ1v) is 11.0. The average Bonchev–Trinajstić information content (AvgIpc) is 3.20. The minimum Gasteiger partial charge on any atom is -0.456 e. The smallest absolute Gasteiger partial charge is 0.137 e. The van der Waals surface area contributed by atoms with Crippen LogP contribution in [0.2, 0.25) is 0 Å². The van der Waals surface area contributed by atoms with Gasteiger partial charge in [0.15, 0.2) is 0 Å². The lowest BCUT2D eigenvalue weighted by molar-refractivity contribution is 0.669. The molecule has 3 heteroatoms. The van der Waals surface area contributed by atoms with E-state index in [1.54, 1.807) is 0 Å². The van der Waals surface area contributed by atoms with E-state index in [2.05, 4.69) is 112 Å². The van der Waals surface area contributed by atoms with Crippen molar-refractivity contribution >= 4 is 65.7 Å². The van der Waals surface area contributed by atoms with Crippen LogP contribution >= 0.6 is 15.9 Å². The van der Waals surface area contributed by atoms with E-state index >= 15 is 0 Å². The van der Waals surface area contributed by atoms with Crippen molar-refractivity contribution < 1.29 is 4.42 Å². The number of halogens is 1. The fraction of sp³-hybridized carbons (Fsp3) is 0. The number of rotatable bonds is 3. The highest BCUT2D eigenvalue weighted by atomic mass is 79.9. The van der Waals surface area contributed by atoms with Gasteiger partial charge in [-0.2, -0.15) is 0 Å². The summed E-state index contributed by atoms with van der Waals surface area (Å²) in [5, 5.41) is 4.66. The minimum atomic E-state index is 0.890. The molecule has 148 valence electrons. The summed E-state index contributed by atoms with van der Waals surface area (Å²) in [6.45, 7) is 0. The van der Waals surface area contributed by atoms with E-state index in [0.29, 0.717) is 0 Å². The normalized spacial score (nSPS) is 11.4. The predicted molar refractivity (Wildman–Crippen MR) is 134 cm³/mol. The molecule has 0 atom stereocenters. The van der Waals surface area contributed by atoms with Crippen molar-refractivity contribution in [3.05, 3.63) is 114 Å².